The molecule has 1 aromatic carbocycles. The van der Waals surface area contributed by atoms with Gasteiger partial charge in [0.15, 0.2) is 11.5 Å². The standard InChI is InChI=1S/C14H20NO4/c1-10(8-15(2,3)4)19-14(16)11-5-6-12-13(7-11)18-9-17-12/h5-7,10H,8-9H2,1-4H3/q+1. The summed E-state index contributed by atoms with van der Waals surface area (Å²) >= 11 is 0. The molecule has 0 bridgehead atoms. The molecule has 0 saturated heterocycles. The first kappa shape index (κ1) is 13.7. The second-order valence-corrected chi connectivity index (χ2v) is 5.76. The summed E-state index contributed by atoms with van der Waals surface area (Å²) in [7, 11) is 6.18. The SMILES string of the molecule is CC(C[N+](C)(C)C)OC(=O)c1ccc2c(c1)OCO2. The van der Waals surface area contributed by atoms with Gasteiger partial charge in [0.05, 0.1) is 26.7 Å². The maximum atomic E-state index is 12.0. The van der Waals surface area contributed by atoms with Crippen LogP contribution in [0.4, 0.5) is 0 Å². The first-order valence-corrected chi connectivity index (χ1v) is 6.26. The van der Waals surface area contributed by atoms with Crippen molar-refractivity contribution in [1.82, 2.24) is 0 Å². The van der Waals surface area contributed by atoms with Gasteiger partial charge in [0.1, 0.15) is 12.6 Å². The Morgan fingerprint density at radius 3 is 2.68 bits per heavy atom. The third-order valence-corrected chi connectivity index (χ3v) is 2.72. The third kappa shape index (κ3) is 3.61. The molecule has 2 rings (SSSR count). The van der Waals surface area contributed by atoms with Crippen LogP contribution in [0.15, 0.2) is 18.2 Å². The molecule has 0 radical (unpaired) electrons. The van der Waals surface area contributed by atoms with Crippen molar-refractivity contribution >= 4 is 5.97 Å². The zero-order valence-corrected chi connectivity index (χ0v) is 11.8. The smallest absolute Gasteiger partial charge is 0.338 e. The Kier molecular flexibility index (Phi) is 3.66. The number of benzene rings is 1. The first-order valence-electron chi connectivity index (χ1n) is 6.26. The summed E-state index contributed by atoms with van der Waals surface area (Å²) in [5.74, 6) is 0.920. The second-order valence-electron chi connectivity index (χ2n) is 5.76. The molecule has 1 aliphatic heterocycles. The summed E-state index contributed by atoms with van der Waals surface area (Å²) in [6.45, 7) is 2.86. The highest BCUT2D eigenvalue weighted by atomic mass is 16.7. The van der Waals surface area contributed by atoms with Gasteiger partial charge in [0.2, 0.25) is 6.79 Å². The highest BCUT2D eigenvalue weighted by Crippen LogP contribution is 2.32. The Balaban J connectivity index is 2.00. The van der Waals surface area contributed by atoms with Crippen molar-refractivity contribution in [3.8, 4) is 11.5 Å². The van der Waals surface area contributed by atoms with Gasteiger partial charge < -0.3 is 18.7 Å². The van der Waals surface area contributed by atoms with Crippen molar-refractivity contribution in [1.29, 1.82) is 0 Å². The minimum absolute atomic E-state index is 0.141. The molecule has 1 heterocycles. The van der Waals surface area contributed by atoms with E-state index in [0.717, 1.165) is 11.0 Å². The Morgan fingerprint density at radius 2 is 2.00 bits per heavy atom. The zero-order chi connectivity index (χ0) is 14.0. The summed E-state index contributed by atoms with van der Waals surface area (Å²) in [5, 5.41) is 0. The number of rotatable bonds is 4. The molecule has 0 spiro atoms. The average molecular weight is 266 g/mol. The van der Waals surface area contributed by atoms with Crippen LogP contribution in [0.2, 0.25) is 0 Å². The molecule has 104 valence electrons. The highest BCUT2D eigenvalue weighted by molar-refractivity contribution is 5.90. The number of esters is 1. The summed E-state index contributed by atoms with van der Waals surface area (Å²) < 4.78 is 16.6. The van der Waals surface area contributed by atoms with E-state index in [0.29, 0.717) is 17.1 Å². The topological polar surface area (TPSA) is 44.8 Å². The van der Waals surface area contributed by atoms with Crippen LogP contribution in [0, 0.1) is 0 Å². The van der Waals surface area contributed by atoms with Crippen molar-refractivity contribution in [3.05, 3.63) is 23.8 Å². The minimum atomic E-state index is -0.334. The van der Waals surface area contributed by atoms with E-state index in [4.69, 9.17) is 14.2 Å². The van der Waals surface area contributed by atoms with E-state index in [2.05, 4.69) is 21.1 Å². The maximum absolute atomic E-state index is 12.0. The Bertz CT molecular complexity index is 479. The van der Waals surface area contributed by atoms with E-state index >= 15 is 0 Å². The van der Waals surface area contributed by atoms with Crippen molar-refractivity contribution < 1.29 is 23.5 Å². The van der Waals surface area contributed by atoms with Crippen LogP contribution in [-0.4, -0.2) is 51.0 Å². The van der Waals surface area contributed by atoms with Crippen molar-refractivity contribution in [3.63, 3.8) is 0 Å². The monoisotopic (exact) mass is 266 g/mol. The van der Waals surface area contributed by atoms with Gasteiger partial charge in [-0.3, -0.25) is 0 Å². The second kappa shape index (κ2) is 5.09. The Labute approximate surface area is 113 Å². The molecule has 5 nitrogen and oxygen atoms in total. The van der Waals surface area contributed by atoms with Crippen LogP contribution in [-0.2, 0) is 4.74 Å². The zero-order valence-electron chi connectivity index (χ0n) is 11.8. The van der Waals surface area contributed by atoms with Crippen molar-refractivity contribution in [2.45, 2.75) is 13.0 Å². The average Bonchev–Trinajstić information content (AvgIpc) is 2.72. The van der Waals surface area contributed by atoms with Gasteiger partial charge in [-0.25, -0.2) is 4.79 Å². The number of carbonyl (C=O) groups excluding carboxylic acids is 1. The lowest BCUT2D eigenvalue weighted by Crippen LogP contribution is -2.41. The molecule has 0 saturated carbocycles. The third-order valence-electron chi connectivity index (χ3n) is 2.72. The molecule has 0 fully saturated rings. The van der Waals surface area contributed by atoms with Gasteiger partial charge in [0.25, 0.3) is 0 Å². The largest absolute Gasteiger partial charge is 0.454 e. The molecule has 0 N–H and O–H groups in total. The van der Waals surface area contributed by atoms with Crippen LogP contribution in [0.25, 0.3) is 0 Å². The number of nitrogens with zero attached hydrogens (tertiary/aromatic N) is 1. The molecule has 1 aromatic rings. The normalized spacial score (nSPS) is 15.2. The number of carbonyl (C=O) groups is 1. The van der Waals surface area contributed by atoms with Gasteiger partial charge in [-0.15, -0.1) is 0 Å². The van der Waals surface area contributed by atoms with Crippen LogP contribution in [0.5, 0.6) is 11.5 Å². The van der Waals surface area contributed by atoms with Crippen LogP contribution >= 0.6 is 0 Å². The molecule has 5 heteroatoms. The summed E-state index contributed by atoms with van der Waals surface area (Å²) in [4.78, 5) is 12.0. The lowest BCUT2D eigenvalue weighted by molar-refractivity contribution is -0.873. The molecule has 0 amide bonds. The van der Waals surface area contributed by atoms with Crippen LogP contribution in [0.1, 0.15) is 17.3 Å². The van der Waals surface area contributed by atoms with Gasteiger partial charge in [-0.1, -0.05) is 0 Å². The number of fused-ring (bicyclic) bond motifs is 1. The van der Waals surface area contributed by atoms with E-state index in [1.54, 1.807) is 18.2 Å². The van der Waals surface area contributed by atoms with Gasteiger partial charge in [-0.05, 0) is 25.1 Å². The lowest BCUT2D eigenvalue weighted by Gasteiger charge is -2.27. The van der Waals surface area contributed by atoms with E-state index in [1.807, 2.05) is 6.92 Å². The molecule has 19 heavy (non-hydrogen) atoms. The quantitative estimate of drug-likeness (QED) is 0.614. The fourth-order valence-corrected chi connectivity index (χ4v) is 2.08. The van der Waals surface area contributed by atoms with Crippen molar-refractivity contribution in [2.75, 3.05) is 34.5 Å². The molecule has 1 aliphatic rings. The minimum Gasteiger partial charge on any atom is -0.454 e. The number of likely N-dealkylation sites (N-methyl/N-ethyl adjacent to an activating group) is 1. The molecule has 0 aliphatic carbocycles. The molecule has 0 aromatic heterocycles. The summed E-state index contributed by atoms with van der Waals surface area (Å²) in [5.41, 5.74) is 0.484. The van der Waals surface area contributed by atoms with E-state index in [-0.39, 0.29) is 18.9 Å². The predicted octanol–water partition coefficient (Wildman–Crippen LogP) is 1.67. The summed E-state index contributed by atoms with van der Waals surface area (Å²) in [6, 6.07) is 5.07. The van der Waals surface area contributed by atoms with E-state index < -0.39 is 0 Å². The molecular formula is C14H20NO4+. The van der Waals surface area contributed by atoms with E-state index in [9.17, 15) is 4.79 Å². The molecule has 1 unspecified atom stereocenters. The van der Waals surface area contributed by atoms with Crippen LogP contribution in [0.3, 0.4) is 0 Å². The number of hydrogen-bond acceptors (Lipinski definition) is 4. The molecule has 1 atom stereocenters. The van der Waals surface area contributed by atoms with Crippen LogP contribution < -0.4 is 9.47 Å². The van der Waals surface area contributed by atoms with Gasteiger partial charge in [-0.2, -0.15) is 0 Å². The fraction of sp³-hybridized carbons (Fsp3) is 0.500. The maximum Gasteiger partial charge on any atom is 0.338 e. The number of hydrogen-bond donors (Lipinski definition) is 0. The van der Waals surface area contributed by atoms with Gasteiger partial charge in [0, 0.05) is 0 Å². The Hall–Kier alpha value is -1.75. The molecular weight excluding hydrogens is 246 g/mol. The van der Waals surface area contributed by atoms with Gasteiger partial charge >= 0.3 is 5.97 Å². The first-order chi connectivity index (χ1) is 8.85. The lowest BCUT2D eigenvalue weighted by atomic mass is 10.2. The fourth-order valence-electron chi connectivity index (χ4n) is 2.08. The summed E-state index contributed by atoms with van der Waals surface area (Å²) in [6.07, 6.45) is -0.141. The highest BCUT2D eigenvalue weighted by Gasteiger charge is 2.21. The predicted molar refractivity (Wildman–Crippen MR) is 70.3 cm³/mol. The van der Waals surface area contributed by atoms with E-state index in [1.165, 1.54) is 0 Å². The number of quaternary nitrogens is 1. The van der Waals surface area contributed by atoms with Crippen molar-refractivity contribution in [2.24, 2.45) is 0 Å². The number of ether oxygens (including phenoxy) is 3. The Morgan fingerprint density at radius 1 is 1.32 bits per heavy atom.